The number of rotatable bonds is 11. The van der Waals surface area contributed by atoms with Gasteiger partial charge in [-0.3, -0.25) is 0 Å². The number of hydrogen-bond donors (Lipinski definition) is 1. The molecule has 23 heavy (non-hydrogen) atoms. The maximum atomic E-state index is 9.99. The number of benzene rings is 1. The molecule has 0 amide bonds. The number of nitrogens with zero attached hydrogens (tertiary/aromatic N) is 1. The van der Waals surface area contributed by atoms with Crippen molar-refractivity contribution in [1.29, 1.82) is 0 Å². The first-order chi connectivity index (χ1) is 11.2. The zero-order chi connectivity index (χ0) is 16.5. The zero-order valence-electron chi connectivity index (χ0n) is 14.0. The van der Waals surface area contributed by atoms with Gasteiger partial charge in [-0.2, -0.15) is 0 Å². The minimum absolute atomic E-state index is 0.134. The van der Waals surface area contributed by atoms with E-state index in [1.54, 1.807) is 23.1 Å². The van der Waals surface area contributed by atoms with Gasteiger partial charge in [0.1, 0.15) is 0 Å². The Morgan fingerprint density at radius 3 is 2.91 bits per heavy atom. The Labute approximate surface area is 148 Å². The normalized spacial score (nSPS) is 12.7. The Hall–Kier alpha value is -0.555. The van der Waals surface area contributed by atoms with Gasteiger partial charge >= 0.3 is 7.12 Å². The molecule has 2 aromatic rings. The summed E-state index contributed by atoms with van der Waals surface area (Å²) >= 11 is 3.40. The highest BCUT2D eigenvalue weighted by molar-refractivity contribution is 8.01. The van der Waals surface area contributed by atoms with Crippen LogP contribution in [0.15, 0.2) is 28.6 Å². The molecule has 0 aliphatic carbocycles. The van der Waals surface area contributed by atoms with Crippen molar-refractivity contribution in [3.8, 4) is 0 Å². The van der Waals surface area contributed by atoms with E-state index in [1.807, 2.05) is 18.2 Å². The van der Waals surface area contributed by atoms with Crippen LogP contribution in [0.5, 0.6) is 0 Å². The molecule has 0 aliphatic rings. The highest BCUT2D eigenvalue weighted by Gasteiger charge is 2.17. The molecule has 1 atom stereocenters. The van der Waals surface area contributed by atoms with Crippen molar-refractivity contribution in [2.45, 2.75) is 62.7 Å². The maximum absolute atomic E-state index is 9.99. The third-order valence-electron chi connectivity index (χ3n) is 3.72. The smallest absolute Gasteiger partial charge is 0.427 e. The molecule has 2 rings (SSSR count). The van der Waals surface area contributed by atoms with Crippen molar-refractivity contribution in [2.75, 3.05) is 5.75 Å². The number of unbranched alkanes of at least 4 members (excludes halogenated alkanes) is 3. The lowest BCUT2D eigenvalue weighted by atomic mass is 9.86. The van der Waals surface area contributed by atoms with Gasteiger partial charge in [-0.25, -0.2) is 4.98 Å². The fourth-order valence-electron chi connectivity index (χ4n) is 2.42. The summed E-state index contributed by atoms with van der Waals surface area (Å²) in [5.41, 5.74) is 1.05. The van der Waals surface area contributed by atoms with Gasteiger partial charge in [0.15, 0.2) is 4.34 Å². The molecule has 1 N–H and O–H groups in total. The number of thioether (sulfide) groups is 1. The minimum Gasteiger partial charge on any atom is -0.427 e. The Morgan fingerprint density at radius 2 is 2.13 bits per heavy atom. The lowest BCUT2D eigenvalue weighted by Gasteiger charge is -2.15. The number of aromatic nitrogens is 1. The monoisotopic (exact) mass is 351 g/mol. The van der Waals surface area contributed by atoms with Crippen LogP contribution in [0.1, 0.15) is 46.0 Å². The first-order valence-corrected chi connectivity index (χ1v) is 10.3. The van der Waals surface area contributed by atoms with Gasteiger partial charge in [-0.15, -0.1) is 11.3 Å². The number of fused-ring (bicyclic) bond motifs is 1. The van der Waals surface area contributed by atoms with Crippen LogP contribution < -0.4 is 0 Å². The molecule has 0 bridgehead atoms. The van der Waals surface area contributed by atoms with Gasteiger partial charge in [0.05, 0.1) is 10.2 Å². The Morgan fingerprint density at radius 1 is 1.30 bits per heavy atom. The van der Waals surface area contributed by atoms with E-state index in [2.05, 4.69) is 24.9 Å². The topological polar surface area (TPSA) is 42.4 Å². The van der Waals surface area contributed by atoms with Gasteiger partial charge in [0.2, 0.25) is 0 Å². The summed E-state index contributed by atoms with van der Waals surface area (Å²) in [5, 5.41) is 9.99. The Kier molecular flexibility index (Phi) is 8.44. The molecule has 1 aromatic carbocycles. The van der Waals surface area contributed by atoms with Crippen LogP contribution in [0.4, 0.5) is 0 Å². The van der Waals surface area contributed by atoms with Crippen LogP contribution in [-0.2, 0) is 4.65 Å². The van der Waals surface area contributed by atoms with Gasteiger partial charge in [0, 0.05) is 6.10 Å². The molecule has 0 aliphatic heterocycles. The van der Waals surface area contributed by atoms with Gasteiger partial charge < -0.3 is 9.68 Å². The van der Waals surface area contributed by atoms with Crippen molar-refractivity contribution < 1.29 is 9.68 Å². The first-order valence-electron chi connectivity index (χ1n) is 8.51. The summed E-state index contributed by atoms with van der Waals surface area (Å²) in [6, 6.07) is 8.17. The van der Waals surface area contributed by atoms with Crippen molar-refractivity contribution >= 4 is 40.4 Å². The van der Waals surface area contributed by atoms with Crippen LogP contribution in [0.2, 0.25) is 6.32 Å². The van der Waals surface area contributed by atoms with Crippen LogP contribution in [0, 0.1) is 0 Å². The molecule has 1 heterocycles. The standard InChI is InChI=1S/C17H26BNO2S2/c1-3-4-5-6-9-14(2)21-18(20)12-13-22-17-19-15-10-7-8-11-16(15)23-17/h7-8,10-11,14,20H,3-6,9,12-13H2,1-2H3. The van der Waals surface area contributed by atoms with Crippen molar-refractivity contribution in [2.24, 2.45) is 0 Å². The van der Waals surface area contributed by atoms with E-state index in [1.165, 1.54) is 30.4 Å². The minimum atomic E-state index is -0.668. The SMILES string of the molecule is CCCCCCC(C)OB(O)CCSc1nc2ccccc2s1. The third-order valence-corrected chi connectivity index (χ3v) is 5.93. The van der Waals surface area contributed by atoms with E-state index in [9.17, 15) is 5.02 Å². The van der Waals surface area contributed by atoms with Crippen LogP contribution in [-0.4, -0.2) is 29.0 Å². The Bertz CT molecular complexity index is 545. The molecule has 0 radical (unpaired) electrons. The van der Waals surface area contributed by atoms with Crippen molar-refractivity contribution in [3.63, 3.8) is 0 Å². The molecule has 1 unspecified atom stereocenters. The van der Waals surface area contributed by atoms with Crippen LogP contribution in [0.25, 0.3) is 10.2 Å². The Balaban J connectivity index is 1.63. The van der Waals surface area contributed by atoms with E-state index in [-0.39, 0.29) is 6.10 Å². The van der Waals surface area contributed by atoms with Gasteiger partial charge in [0.25, 0.3) is 0 Å². The second-order valence-electron chi connectivity index (χ2n) is 5.84. The molecular formula is C17H26BNO2S2. The number of thiazole rings is 1. The van der Waals surface area contributed by atoms with Crippen LogP contribution in [0.3, 0.4) is 0 Å². The van der Waals surface area contributed by atoms with E-state index >= 15 is 0 Å². The highest BCUT2D eigenvalue weighted by atomic mass is 32.2. The quantitative estimate of drug-likeness (QED) is 0.341. The predicted octanol–water partition coefficient (Wildman–Crippen LogP) is 5.24. The number of para-hydroxylation sites is 1. The molecule has 3 nitrogen and oxygen atoms in total. The van der Waals surface area contributed by atoms with Gasteiger partial charge in [-0.05, 0) is 37.6 Å². The van der Waals surface area contributed by atoms with Crippen molar-refractivity contribution in [3.05, 3.63) is 24.3 Å². The van der Waals surface area contributed by atoms with E-state index in [0.29, 0.717) is 6.32 Å². The third kappa shape index (κ3) is 6.83. The largest absolute Gasteiger partial charge is 0.455 e. The lowest BCUT2D eigenvalue weighted by molar-refractivity contribution is 0.170. The molecule has 126 valence electrons. The predicted molar refractivity (Wildman–Crippen MR) is 102 cm³/mol. The average molecular weight is 351 g/mol. The van der Waals surface area contributed by atoms with E-state index in [4.69, 9.17) is 4.65 Å². The fourth-order valence-corrected chi connectivity index (χ4v) is 4.53. The summed E-state index contributed by atoms with van der Waals surface area (Å²) in [6.07, 6.45) is 6.78. The zero-order valence-corrected chi connectivity index (χ0v) is 15.7. The summed E-state index contributed by atoms with van der Waals surface area (Å²) in [4.78, 5) is 4.59. The first kappa shape index (κ1) is 18.8. The molecule has 0 saturated heterocycles. The number of hydrogen-bond acceptors (Lipinski definition) is 5. The summed E-state index contributed by atoms with van der Waals surface area (Å²) < 4.78 is 7.93. The molecule has 0 spiro atoms. The molecule has 0 saturated carbocycles. The summed E-state index contributed by atoms with van der Waals surface area (Å²) in [7, 11) is -0.668. The lowest BCUT2D eigenvalue weighted by Crippen LogP contribution is -2.24. The molecular weight excluding hydrogens is 325 g/mol. The molecule has 1 aromatic heterocycles. The fraction of sp³-hybridized carbons (Fsp3) is 0.588. The molecule has 6 heteroatoms. The summed E-state index contributed by atoms with van der Waals surface area (Å²) in [6.45, 7) is 4.27. The van der Waals surface area contributed by atoms with E-state index < -0.39 is 7.12 Å². The molecule has 0 fully saturated rings. The highest BCUT2D eigenvalue weighted by Crippen LogP contribution is 2.29. The second-order valence-corrected chi connectivity index (χ2v) is 8.21. The van der Waals surface area contributed by atoms with Crippen molar-refractivity contribution in [1.82, 2.24) is 4.98 Å². The van der Waals surface area contributed by atoms with Crippen LogP contribution >= 0.6 is 23.1 Å². The van der Waals surface area contributed by atoms with E-state index in [0.717, 1.165) is 22.0 Å². The maximum Gasteiger partial charge on any atom is 0.455 e. The average Bonchev–Trinajstić information content (AvgIpc) is 2.94. The van der Waals surface area contributed by atoms with Gasteiger partial charge in [-0.1, -0.05) is 56.5 Å². The second kappa shape index (κ2) is 10.3. The summed E-state index contributed by atoms with van der Waals surface area (Å²) in [5.74, 6) is 0.823.